The fourth-order valence-electron chi connectivity index (χ4n) is 2.39. The highest BCUT2D eigenvalue weighted by Crippen LogP contribution is 2.15. The van der Waals surface area contributed by atoms with Crippen LogP contribution in [0.5, 0.6) is 0 Å². The number of hydrogen-bond acceptors (Lipinski definition) is 3. The van der Waals surface area contributed by atoms with Crippen molar-refractivity contribution in [2.45, 2.75) is 13.3 Å². The van der Waals surface area contributed by atoms with Crippen molar-refractivity contribution in [2.75, 3.05) is 31.9 Å². The molecule has 1 atom stereocenters. The van der Waals surface area contributed by atoms with Gasteiger partial charge in [-0.15, -0.1) is 24.8 Å². The van der Waals surface area contributed by atoms with E-state index in [-0.39, 0.29) is 30.7 Å². The number of nitrogens with one attached hydrogen (secondary N) is 1. The number of likely N-dealkylation sites (tertiary alicyclic amines) is 1. The van der Waals surface area contributed by atoms with E-state index in [9.17, 15) is 4.79 Å². The molecular weight excluding hydrogens is 297 g/mol. The Bertz CT molecular complexity index is 429. The second-order valence-electron chi connectivity index (χ2n) is 4.88. The Hall–Kier alpha value is -0.970. The molecular formula is C14H23Cl2N3O. The van der Waals surface area contributed by atoms with Crippen molar-refractivity contribution >= 4 is 36.4 Å². The van der Waals surface area contributed by atoms with Crippen LogP contribution in [0, 0.1) is 5.92 Å². The number of benzene rings is 1. The second-order valence-corrected chi connectivity index (χ2v) is 4.88. The summed E-state index contributed by atoms with van der Waals surface area (Å²) >= 11 is 0. The van der Waals surface area contributed by atoms with Crippen LogP contribution in [0.15, 0.2) is 24.3 Å². The normalized spacial score (nSPS) is 17.9. The maximum atomic E-state index is 11.9. The number of nitrogen functional groups attached to an aromatic ring is 1. The van der Waals surface area contributed by atoms with Gasteiger partial charge in [-0.05, 0) is 43.6 Å². The molecule has 1 aliphatic heterocycles. The van der Waals surface area contributed by atoms with Crippen molar-refractivity contribution in [3.63, 3.8) is 0 Å². The van der Waals surface area contributed by atoms with Gasteiger partial charge in [-0.3, -0.25) is 4.79 Å². The number of nitrogens with two attached hydrogens (primary N) is 1. The molecule has 1 unspecified atom stereocenters. The molecule has 0 radical (unpaired) electrons. The van der Waals surface area contributed by atoms with E-state index in [0.717, 1.165) is 26.2 Å². The van der Waals surface area contributed by atoms with Crippen molar-refractivity contribution in [3.8, 4) is 0 Å². The highest BCUT2D eigenvalue weighted by Gasteiger charge is 2.21. The van der Waals surface area contributed by atoms with Crippen LogP contribution in [0.3, 0.4) is 0 Å². The maximum absolute atomic E-state index is 11.9. The third kappa shape index (κ3) is 5.19. The molecule has 1 saturated heterocycles. The SMILES string of the molecule is CCN1CCC(CNC(=O)c2cccc(N)c2)C1.Cl.Cl. The molecule has 0 bridgehead atoms. The van der Waals surface area contributed by atoms with Crippen molar-refractivity contribution in [1.82, 2.24) is 10.2 Å². The summed E-state index contributed by atoms with van der Waals surface area (Å²) in [6.07, 6.45) is 1.17. The van der Waals surface area contributed by atoms with Crippen LogP contribution in [0.2, 0.25) is 0 Å². The van der Waals surface area contributed by atoms with Crippen molar-refractivity contribution in [3.05, 3.63) is 29.8 Å². The summed E-state index contributed by atoms with van der Waals surface area (Å²) in [4.78, 5) is 14.3. The molecule has 1 amide bonds. The van der Waals surface area contributed by atoms with E-state index in [1.807, 2.05) is 0 Å². The molecule has 2 rings (SSSR count). The van der Waals surface area contributed by atoms with Gasteiger partial charge in [0.1, 0.15) is 0 Å². The summed E-state index contributed by atoms with van der Waals surface area (Å²) in [5, 5.41) is 2.99. The lowest BCUT2D eigenvalue weighted by Crippen LogP contribution is -2.31. The van der Waals surface area contributed by atoms with Crippen LogP contribution >= 0.6 is 24.8 Å². The van der Waals surface area contributed by atoms with Gasteiger partial charge in [-0.1, -0.05) is 13.0 Å². The number of amides is 1. The van der Waals surface area contributed by atoms with Crippen LogP contribution in [0.1, 0.15) is 23.7 Å². The third-order valence-corrected chi connectivity index (χ3v) is 3.52. The highest BCUT2D eigenvalue weighted by atomic mass is 35.5. The smallest absolute Gasteiger partial charge is 0.251 e. The predicted octanol–water partition coefficient (Wildman–Crippen LogP) is 2.18. The maximum Gasteiger partial charge on any atom is 0.251 e. The number of carbonyl (C=O) groups is 1. The quantitative estimate of drug-likeness (QED) is 0.836. The van der Waals surface area contributed by atoms with Crippen molar-refractivity contribution in [2.24, 2.45) is 5.92 Å². The van der Waals surface area contributed by atoms with E-state index >= 15 is 0 Å². The zero-order valence-corrected chi connectivity index (χ0v) is 13.3. The molecule has 3 N–H and O–H groups in total. The molecule has 1 aliphatic rings. The molecule has 0 spiro atoms. The van der Waals surface area contributed by atoms with E-state index in [2.05, 4.69) is 17.1 Å². The number of rotatable bonds is 4. The van der Waals surface area contributed by atoms with Crippen LogP contribution in [0.25, 0.3) is 0 Å². The molecule has 0 saturated carbocycles. The predicted molar refractivity (Wildman–Crippen MR) is 87.9 cm³/mol. The van der Waals surface area contributed by atoms with Gasteiger partial charge in [0.15, 0.2) is 0 Å². The summed E-state index contributed by atoms with van der Waals surface area (Å²) in [5.41, 5.74) is 6.93. The average Bonchev–Trinajstić information content (AvgIpc) is 2.84. The molecule has 1 fully saturated rings. The third-order valence-electron chi connectivity index (χ3n) is 3.52. The number of nitrogens with zero attached hydrogens (tertiary/aromatic N) is 1. The molecule has 1 aromatic rings. The van der Waals surface area contributed by atoms with E-state index < -0.39 is 0 Å². The average molecular weight is 320 g/mol. The standard InChI is InChI=1S/C14H21N3O.2ClH/c1-2-17-7-6-11(10-17)9-16-14(18)12-4-3-5-13(15)8-12;;/h3-5,8,11H,2,6-7,9-10,15H2,1H3,(H,16,18);2*1H. The number of hydrogen-bond donors (Lipinski definition) is 2. The van der Waals surface area contributed by atoms with Gasteiger partial charge < -0.3 is 16.0 Å². The van der Waals surface area contributed by atoms with Gasteiger partial charge in [0.2, 0.25) is 0 Å². The molecule has 4 nitrogen and oxygen atoms in total. The van der Waals surface area contributed by atoms with Crippen LogP contribution in [-0.2, 0) is 0 Å². The minimum atomic E-state index is -0.0303. The summed E-state index contributed by atoms with van der Waals surface area (Å²) in [6, 6.07) is 7.09. The molecule has 1 heterocycles. The van der Waals surface area contributed by atoms with Crippen LogP contribution in [-0.4, -0.2) is 37.0 Å². The first-order chi connectivity index (χ1) is 8.69. The summed E-state index contributed by atoms with van der Waals surface area (Å²) in [7, 11) is 0. The zero-order chi connectivity index (χ0) is 13.0. The first-order valence-electron chi connectivity index (χ1n) is 6.55. The molecule has 20 heavy (non-hydrogen) atoms. The minimum Gasteiger partial charge on any atom is -0.399 e. The lowest BCUT2D eigenvalue weighted by molar-refractivity contribution is 0.0947. The van der Waals surface area contributed by atoms with E-state index in [4.69, 9.17) is 5.73 Å². The van der Waals surface area contributed by atoms with Crippen LogP contribution < -0.4 is 11.1 Å². The van der Waals surface area contributed by atoms with E-state index in [0.29, 0.717) is 17.2 Å². The summed E-state index contributed by atoms with van der Waals surface area (Å²) < 4.78 is 0. The molecule has 1 aromatic carbocycles. The van der Waals surface area contributed by atoms with E-state index in [1.165, 1.54) is 6.42 Å². The minimum absolute atomic E-state index is 0. The van der Waals surface area contributed by atoms with Crippen molar-refractivity contribution in [1.29, 1.82) is 0 Å². The van der Waals surface area contributed by atoms with Gasteiger partial charge >= 0.3 is 0 Å². The van der Waals surface area contributed by atoms with Crippen molar-refractivity contribution < 1.29 is 4.79 Å². The van der Waals surface area contributed by atoms with Gasteiger partial charge in [-0.2, -0.15) is 0 Å². The number of carbonyl (C=O) groups excluding carboxylic acids is 1. The van der Waals surface area contributed by atoms with Gasteiger partial charge in [-0.25, -0.2) is 0 Å². The van der Waals surface area contributed by atoms with Gasteiger partial charge in [0, 0.05) is 24.3 Å². The fourth-order valence-corrected chi connectivity index (χ4v) is 2.39. The molecule has 6 heteroatoms. The van der Waals surface area contributed by atoms with Crippen LogP contribution in [0.4, 0.5) is 5.69 Å². The molecule has 114 valence electrons. The van der Waals surface area contributed by atoms with E-state index in [1.54, 1.807) is 24.3 Å². The number of halogens is 2. The van der Waals surface area contributed by atoms with Gasteiger partial charge in [0.25, 0.3) is 5.91 Å². The fraction of sp³-hybridized carbons (Fsp3) is 0.500. The first kappa shape index (κ1) is 19.0. The lowest BCUT2D eigenvalue weighted by atomic mass is 10.1. The molecule has 0 aromatic heterocycles. The largest absolute Gasteiger partial charge is 0.399 e. The summed E-state index contributed by atoms with van der Waals surface area (Å²) in [5.74, 6) is 0.548. The monoisotopic (exact) mass is 319 g/mol. The Balaban J connectivity index is 0.00000180. The Morgan fingerprint density at radius 1 is 1.45 bits per heavy atom. The summed E-state index contributed by atoms with van der Waals surface area (Å²) in [6.45, 7) is 6.26. The highest BCUT2D eigenvalue weighted by molar-refractivity contribution is 5.94. The first-order valence-corrected chi connectivity index (χ1v) is 6.55. The molecule has 0 aliphatic carbocycles. The zero-order valence-electron chi connectivity index (χ0n) is 11.7. The topological polar surface area (TPSA) is 58.4 Å². The Morgan fingerprint density at radius 2 is 2.20 bits per heavy atom. The lowest BCUT2D eigenvalue weighted by Gasteiger charge is -2.13. The number of anilines is 1. The Kier molecular flexibility index (Phi) is 8.62. The Morgan fingerprint density at radius 3 is 2.80 bits per heavy atom. The Labute approximate surface area is 132 Å². The second kappa shape index (κ2) is 9.06. The van der Waals surface area contributed by atoms with Gasteiger partial charge in [0.05, 0.1) is 0 Å².